The molecular weight excluding hydrogens is 306 g/mol. The third kappa shape index (κ3) is 2.76. The highest BCUT2D eigenvalue weighted by molar-refractivity contribution is 7.81. The van der Waals surface area contributed by atoms with Gasteiger partial charge >= 0.3 is 0 Å². The van der Waals surface area contributed by atoms with Gasteiger partial charge in [0.05, 0.1) is 28.8 Å². The van der Waals surface area contributed by atoms with Gasteiger partial charge in [-0.25, -0.2) is 0 Å². The Morgan fingerprint density at radius 2 is 2.19 bits per heavy atom. The van der Waals surface area contributed by atoms with Crippen molar-refractivity contribution in [2.75, 3.05) is 4.31 Å². The third-order valence-corrected chi connectivity index (χ3v) is 4.76. The summed E-state index contributed by atoms with van der Waals surface area (Å²) in [7, 11) is 0. The van der Waals surface area contributed by atoms with Crippen molar-refractivity contribution in [1.29, 1.82) is 0 Å². The molecule has 2 aromatic heterocycles. The van der Waals surface area contributed by atoms with E-state index in [0.29, 0.717) is 11.4 Å². The van der Waals surface area contributed by atoms with Gasteiger partial charge in [-0.15, -0.1) is 11.3 Å². The fourth-order valence-electron chi connectivity index (χ4n) is 2.07. The molecule has 3 aromatic rings. The zero-order chi connectivity index (χ0) is 14.8. The minimum Gasteiger partial charge on any atom is -0.755 e. The van der Waals surface area contributed by atoms with Crippen LogP contribution in [-0.4, -0.2) is 19.0 Å². The molecule has 0 saturated carbocycles. The molecule has 2 heterocycles. The van der Waals surface area contributed by atoms with Crippen LogP contribution in [0.25, 0.3) is 10.4 Å². The largest absolute Gasteiger partial charge is 0.755 e. The van der Waals surface area contributed by atoms with Gasteiger partial charge < -0.3 is 4.55 Å². The van der Waals surface area contributed by atoms with Crippen molar-refractivity contribution in [1.82, 2.24) is 10.2 Å². The molecule has 0 amide bonds. The number of benzene rings is 1. The Hall–Kier alpha value is -1.96. The van der Waals surface area contributed by atoms with Crippen LogP contribution in [0.2, 0.25) is 0 Å². The molecule has 1 aromatic carbocycles. The van der Waals surface area contributed by atoms with Crippen molar-refractivity contribution >= 4 is 34.0 Å². The topological polar surface area (TPSA) is 72.0 Å². The molecule has 5 nitrogen and oxygen atoms in total. The predicted molar refractivity (Wildman–Crippen MR) is 84.1 cm³/mol. The lowest BCUT2D eigenvalue weighted by Gasteiger charge is -2.26. The van der Waals surface area contributed by atoms with E-state index in [-0.39, 0.29) is 0 Å². The Morgan fingerprint density at radius 1 is 1.38 bits per heavy atom. The van der Waals surface area contributed by atoms with Gasteiger partial charge in [0, 0.05) is 22.0 Å². The Labute approximate surface area is 128 Å². The molecule has 0 radical (unpaired) electrons. The highest BCUT2D eigenvalue weighted by Gasteiger charge is 2.15. The fraction of sp³-hybridized carbons (Fsp3) is 0.0714. The van der Waals surface area contributed by atoms with E-state index in [2.05, 4.69) is 10.2 Å². The molecule has 1 unspecified atom stereocenters. The summed E-state index contributed by atoms with van der Waals surface area (Å²) in [6.45, 7) is 1.89. The van der Waals surface area contributed by atoms with Crippen LogP contribution in [-0.2, 0) is 11.3 Å². The van der Waals surface area contributed by atoms with Crippen LogP contribution in [0.5, 0.6) is 0 Å². The monoisotopic (exact) mass is 318 g/mol. The molecule has 0 saturated heterocycles. The van der Waals surface area contributed by atoms with Gasteiger partial charge in [-0.2, -0.15) is 5.10 Å². The summed E-state index contributed by atoms with van der Waals surface area (Å²) in [4.78, 5) is 0.961. The Morgan fingerprint density at radius 3 is 2.86 bits per heavy atom. The zero-order valence-corrected chi connectivity index (χ0v) is 12.8. The van der Waals surface area contributed by atoms with E-state index in [1.165, 1.54) is 15.6 Å². The number of aromatic amines is 1. The van der Waals surface area contributed by atoms with E-state index < -0.39 is 11.3 Å². The lowest BCUT2D eigenvalue weighted by atomic mass is 10.2. The smallest absolute Gasteiger partial charge is 0.0651 e. The zero-order valence-electron chi connectivity index (χ0n) is 11.1. The van der Waals surface area contributed by atoms with Gasteiger partial charge in [0.15, 0.2) is 0 Å². The van der Waals surface area contributed by atoms with E-state index >= 15 is 0 Å². The molecule has 0 spiro atoms. The molecule has 1 atom stereocenters. The summed E-state index contributed by atoms with van der Waals surface area (Å²) >= 11 is -0.904. The number of aromatic nitrogens is 2. The molecule has 0 bridgehead atoms. The number of para-hydroxylation sites is 1. The second-order valence-corrected chi connectivity index (χ2v) is 6.16. The number of thiophene rings is 1. The number of hydrogen-bond acceptors (Lipinski definition) is 4. The first-order chi connectivity index (χ1) is 10.2. The SMILES string of the molecule is Cc1ccccc1N(c1csc(-c2cn[nH]c2)c1)S(=O)[O-]. The molecule has 0 fully saturated rings. The van der Waals surface area contributed by atoms with E-state index in [1.807, 2.05) is 36.6 Å². The first-order valence-corrected chi connectivity index (χ1v) is 8.11. The van der Waals surface area contributed by atoms with E-state index in [1.54, 1.807) is 18.5 Å². The molecule has 0 aliphatic rings. The van der Waals surface area contributed by atoms with Crippen LogP contribution < -0.4 is 4.31 Å². The van der Waals surface area contributed by atoms with Crippen molar-refractivity contribution in [2.45, 2.75) is 6.92 Å². The van der Waals surface area contributed by atoms with Crippen LogP contribution >= 0.6 is 11.3 Å². The van der Waals surface area contributed by atoms with Crippen molar-refractivity contribution in [3.05, 3.63) is 53.7 Å². The first-order valence-electron chi connectivity index (χ1n) is 6.19. The second kappa shape index (κ2) is 5.80. The minimum atomic E-state index is -2.38. The first kappa shape index (κ1) is 14.0. The van der Waals surface area contributed by atoms with Crippen LogP contribution in [0.15, 0.2) is 48.1 Å². The number of nitrogens with one attached hydrogen (secondary N) is 1. The molecule has 1 N–H and O–H groups in total. The van der Waals surface area contributed by atoms with Gasteiger partial charge in [-0.3, -0.25) is 13.6 Å². The number of rotatable bonds is 4. The van der Waals surface area contributed by atoms with Gasteiger partial charge in [0.2, 0.25) is 0 Å². The van der Waals surface area contributed by atoms with Crippen molar-refractivity contribution in [3.8, 4) is 10.4 Å². The fourth-order valence-corrected chi connectivity index (χ4v) is 3.63. The van der Waals surface area contributed by atoms with Gasteiger partial charge in [0.25, 0.3) is 0 Å². The summed E-state index contributed by atoms with van der Waals surface area (Å²) in [5.41, 5.74) is 3.12. The summed E-state index contributed by atoms with van der Waals surface area (Å²) in [6, 6.07) is 9.23. The molecule has 3 rings (SSSR count). The molecule has 0 aliphatic carbocycles. The molecule has 0 aliphatic heterocycles. The number of anilines is 2. The van der Waals surface area contributed by atoms with E-state index in [9.17, 15) is 8.76 Å². The lowest BCUT2D eigenvalue weighted by molar-refractivity contribution is 0.537. The van der Waals surface area contributed by atoms with Gasteiger partial charge in [-0.05, 0) is 24.6 Å². The minimum absolute atomic E-state index is 0.624. The van der Waals surface area contributed by atoms with Gasteiger partial charge in [-0.1, -0.05) is 18.2 Å². The van der Waals surface area contributed by atoms with Crippen molar-refractivity contribution < 1.29 is 8.76 Å². The summed E-state index contributed by atoms with van der Waals surface area (Å²) in [5.74, 6) is 0. The molecule has 108 valence electrons. The molecular formula is C14H12N3O2S2-. The maximum absolute atomic E-state index is 11.7. The number of H-pyrrole nitrogens is 1. The normalized spacial score (nSPS) is 12.3. The number of aryl methyl sites for hydroxylation is 1. The van der Waals surface area contributed by atoms with Gasteiger partial charge in [0.1, 0.15) is 0 Å². The molecule has 7 heteroatoms. The van der Waals surface area contributed by atoms with Crippen LogP contribution in [0.4, 0.5) is 11.4 Å². The molecule has 21 heavy (non-hydrogen) atoms. The highest BCUT2D eigenvalue weighted by Crippen LogP contribution is 2.36. The number of nitrogens with zero attached hydrogens (tertiary/aromatic N) is 2. The standard InChI is InChI=1S/C14H13N3O2S2/c1-10-4-2-3-5-13(10)17(21(18)19)12-6-14(20-9-12)11-7-15-16-8-11/h2-9H,1H3,(H,15,16)(H,18,19)/p-1. The van der Waals surface area contributed by atoms with E-state index in [0.717, 1.165) is 16.0 Å². The highest BCUT2D eigenvalue weighted by atomic mass is 32.2. The summed E-state index contributed by atoms with van der Waals surface area (Å²) in [5, 5.41) is 8.48. The Kier molecular flexibility index (Phi) is 3.87. The third-order valence-electron chi connectivity index (χ3n) is 3.09. The van der Waals surface area contributed by atoms with Crippen LogP contribution in [0, 0.1) is 6.92 Å². The second-order valence-electron chi connectivity index (χ2n) is 4.45. The van der Waals surface area contributed by atoms with Crippen LogP contribution in [0.3, 0.4) is 0 Å². The van der Waals surface area contributed by atoms with Crippen LogP contribution in [0.1, 0.15) is 5.56 Å². The predicted octanol–water partition coefficient (Wildman–Crippen LogP) is 3.38. The quantitative estimate of drug-likeness (QED) is 0.750. The van der Waals surface area contributed by atoms with E-state index in [4.69, 9.17) is 0 Å². The lowest BCUT2D eigenvalue weighted by Crippen LogP contribution is -2.19. The van der Waals surface area contributed by atoms with Crippen molar-refractivity contribution in [2.24, 2.45) is 0 Å². The number of hydrogen-bond donors (Lipinski definition) is 1. The summed E-state index contributed by atoms with van der Waals surface area (Å²) in [6.07, 6.45) is 3.49. The summed E-state index contributed by atoms with van der Waals surface area (Å²) < 4.78 is 24.6. The average molecular weight is 318 g/mol. The Bertz CT molecular complexity index is 768. The Balaban J connectivity index is 2.03. The average Bonchev–Trinajstić information content (AvgIpc) is 3.11. The van der Waals surface area contributed by atoms with Crippen molar-refractivity contribution in [3.63, 3.8) is 0 Å². The maximum atomic E-state index is 11.7. The maximum Gasteiger partial charge on any atom is 0.0651 e.